The molecule has 2 saturated heterocycles. The van der Waals surface area contributed by atoms with Gasteiger partial charge in [0.2, 0.25) is 0 Å². The molecule has 1 unspecified atom stereocenters. The summed E-state index contributed by atoms with van der Waals surface area (Å²) in [6.07, 6.45) is 5.71. The molecule has 2 nitrogen and oxygen atoms in total. The summed E-state index contributed by atoms with van der Waals surface area (Å²) in [4.78, 5) is 5.34. The van der Waals surface area contributed by atoms with Crippen LogP contribution < -0.4 is 0 Å². The molecule has 0 aromatic carbocycles. The van der Waals surface area contributed by atoms with Gasteiger partial charge in [0.05, 0.1) is 0 Å². The SMILES string of the molecule is CCN1CCCN2CCCCC2C1. The summed E-state index contributed by atoms with van der Waals surface area (Å²) in [7, 11) is 0. The fourth-order valence-corrected chi connectivity index (χ4v) is 2.74. The minimum absolute atomic E-state index is 0.885. The number of rotatable bonds is 1. The fraction of sp³-hybridized carbons (Fsp3) is 1.00. The molecular formula is C11H22N2. The van der Waals surface area contributed by atoms with Crippen LogP contribution in [0.4, 0.5) is 0 Å². The first-order valence-corrected chi connectivity index (χ1v) is 5.86. The first-order chi connectivity index (χ1) is 6.40. The molecule has 0 radical (unpaired) electrons. The van der Waals surface area contributed by atoms with Crippen LogP contribution in [0.1, 0.15) is 32.6 Å². The lowest BCUT2D eigenvalue weighted by atomic mass is 10.0. The summed E-state index contributed by atoms with van der Waals surface area (Å²) in [6.45, 7) is 8.90. The van der Waals surface area contributed by atoms with Gasteiger partial charge in [-0.3, -0.25) is 4.90 Å². The fourth-order valence-electron chi connectivity index (χ4n) is 2.74. The van der Waals surface area contributed by atoms with Crippen molar-refractivity contribution in [3.05, 3.63) is 0 Å². The summed E-state index contributed by atoms with van der Waals surface area (Å²) in [6, 6.07) is 0.885. The molecule has 76 valence electrons. The highest BCUT2D eigenvalue weighted by Crippen LogP contribution is 2.20. The molecule has 0 aromatic rings. The van der Waals surface area contributed by atoms with Crippen molar-refractivity contribution < 1.29 is 0 Å². The molecule has 0 saturated carbocycles. The maximum atomic E-state index is 2.72. The third-order valence-electron chi connectivity index (χ3n) is 3.58. The van der Waals surface area contributed by atoms with Gasteiger partial charge in [-0.2, -0.15) is 0 Å². The maximum Gasteiger partial charge on any atom is 0.0223 e. The van der Waals surface area contributed by atoms with Crippen molar-refractivity contribution in [3.63, 3.8) is 0 Å². The molecule has 0 N–H and O–H groups in total. The Balaban J connectivity index is 1.94. The van der Waals surface area contributed by atoms with Crippen LogP contribution in [0.5, 0.6) is 0 Å². The number of nitrogens with zero attached hydrogens (tertiary/aromatic N) is 2. The highest BCUT2D eigenvalue weighted by atomic mass is 15.2. The highest BCUT2D eigenvalue weighted by Gasteiger charge is 2.25. The number of piperidine rings is 1. The van der Waals surface area contributed by atoms with E-state index in [0.29, 0.717) is 0 Å². The Hall–Kier alpha value is -0.0800. The van der Waals surface area contributed by atoms with E-state index in [1.165, 1.54) is 58.4 Å². The summed E-state index contributed by atoms with van der Waals surface area (Å²) in [5.41, 5.74) is 0. The molecule has 0 aromatic heterocycles. The average Bonchev–Trinajstić information content (AvgIpc) is 2.38. The van der Waals surface area contributed by atoms with Crippen molar-refractivity contribution in [2.75, 3.05) is 32.7 Å². The molecule has 0 bridgehead atoms. The van der Waals surface area contributed by atoms with Crippen LogP contribution in [-0.2, 0) is 0 Å². The van der Waals surface area contributed by atoms with Crippen molar-refractivity contribution >= 4 is 0 Å². The molecule has 2 aliphatic heterocycles. The predicted molar refractivity (Wildman–Crippen MR) is 55.9 cm³/mol. The van der Waals surface area contributed by atoms with Gasteiger partial charge in [0.1, 0.15) is 0 Å². The van der Waals surface area contributed by atoms with E-state index < -0.39 is 0 Å². The van der Waals surface area contributed by atoms with Crippen LogP contribution in [0.3, 0.4) is 0 Å². The van der Waals surface area contributed by atoms with Gasteiger partial charge in [-0.15, -0.1) is 0 Å². The zero-order chi connectivity index (χ0) is 9.10. The molecule has 2 aliphatic rings. The summed E-state index contributed by atoms with van der Waals surface area (Å²) >= 11 is 0. The lowest BCUT2D eigenvalue weighted by Gasteiger charge is -2.35. The summed E-state index contributed by atoms with van der Waals surface area (Å²) in [5, 5.41) is 0. The van der Waals surface area contributed by atoms with Crippen LogP contribution in [0.15, 0.2) is 0 Å². The summed E-state index contributed by atoms with van der Waals surface area (Å²) < 4.78 is 0. The van der Waals surface area contributed by atoms with Crippen LogP contribution in [0, 0.1) is 0 Å². The van der Waals surface area contributed by atoms with Crippen molar-refractivity contribution in [2.45, 2.75) is 38.6 Å². The quantitative estimate of drug-likeness (QED) is 0.607. The number of hydrogen-bond acceptors (Lipinski definition) is 2. The predicted octanol–water partition coefficient (Wildman–Crippen LogP) is 1.57. The minimum atomic E-state index is 0.885. The van der Waals surface area contributed by atoms with Gasteiger partial charge in [0, 0.05) is 12.6 Å². The van der Waals surface area contributed by atoms with E-state index in [1.54, 1.807) is 0 Å². The molecule has 0 aliphatic carbocycles. The van der Waals surface area contributed by atoms with Crippen LogP contribution in [0.25, 0.3) is 0 Å². The smallest absolute Gasteiger partial charge is 0.0223 e. The molecule has 1 atom stereocenters. The first-order valence-electron chi connectivity index (χ1n) is 5.86. The molecule has 2 rings (SSSR count). The molecule has 13 heavy (non-hydrogen) atoms. The second kappa shape index (κ2) is 4.43. The van der Waals surface area contributed by atoms with Gasteiger partial charge in [-0.05, 0) is 45.4 Å². The van der Waals surface area contributed by atoms with Crippen molar-refractivity contribution in [3.8, 4) is 0 Å². The van der Waals surface area contributed by atoms with Gasteiger partial charge in [-0.1, -0.05) is 13.3 Å². The van der Waals surface area contributed by atoms with Gasteiger partial charge >= 0.3 is 0 Å². The Morgan fingerprint density at radius 2 is 1.92 bits per heavy atom. The molecular weight excluding hydrogens is 160 g/mol. The monoisotopic (exact) mass is 182 g/mol. The third-order valence-corrected chi connectivity index (χ3v) is 3.58. The van der Waals surface area contributed by atoms with Crippen molar-refractivity contribution in [1.82, 2.24) is 9.80 Å². The van der Waals surface area contributed by atoms with Crippen molar-refractivity contribution in [2.24, 2.45) is 0 Å². The summed E-state index contributed by atoms with van der Waals surface area (Å²) in [5.74, 6) is 0. The largest absolute Gasteiger partial charge is 0.302 e. The van der Waals surface area contributed by atoms with E-state index in [2.05, 4.69) is 16.7 Å². The van der Waals surface area contributed by atoms with Gasteiger partial charge in [0.15, 0.2) is 0 Å². The van der Waals surface area contributed by atoms with E-state index in [4.69, 9.17) is 0 Å². The second-order valence-electron chi connectivity index (χ2n) is 4.43. The third kappa shape index (κ3) is 2.23. The normalized spacial score (nSPS) is 32.5. The molecule has 2 fully saturated rings. The Bertz CT molecular complexity index is 158. The van der Waals surface area contributed by atoms with E-state index in [1.807, 2.05) is 0 Å². The van der Waals surface area contributed by atoms with Crippen molar-refractivity contribution in [1.29, 1.82) is 0 Å². The van der Waals surface area contributed by atoms with Gasteiger partial charge in [0.25, 0.3) is 0 Å². The Morgan fingerprint density at radius 1 is 1.08 bits per heavy atom. The standard InChI is InChI=1S/C11H22N2/c1-2-12-7-5-9-13-8-4-3-6-11(13)10-12/h11H,2-10H2,1H3. The average molecular weight is 182 g/mol. The Labute approximate surface area is 81.9 Å². The lowest BCUT2D eigenvalue weighted by molar-refractivity contribution is 0.138. The lowest BCUT2D eigenvalue weighted by Crippen LogP contribution is -2.43. The molecule has 2 heterocycles. The number of likely N-dealkylation sites (N-methyl/N-ethyl adjacent to an activating group) is 1. The van der Waals surface area contributed by atoms with Crippen LogP contribution in [-0.4, -0.2) is 48.6 Å². The van der Waals surface area contributed by atoms with E-state index in [-0.39, 0.29) is 0 Å². The molecule has 0 amide bonds. The van der Waals surface area contributed by atoms with E-state index in [0.717, 1.165) is 6.04 Å². The van der Waals surface area contributed by atoms with E-state index >= 15 is 0 Å². The highest BCUT2D eigenvalue weighted by molar-refractivity contribution is 4.82. The first kappa shape index (κ1) is 9.47. The molecule has 2 heteroatoms. The van der Waals surface area contributed by atoms with Crippen LogP contribution in [0.2, 0.25) is 0 Å². The van der Waals surface area contributed by atoms with Gasteiger partial charge < -0.3 is 4.90 Å². The topological polar surface area (TPSA) is 6.48 Å². The number of fused-ring (bicyclic) bond motifs is 1. The zero-order valence-corrected chi connectivity index (χ0v) is 8.84. The zero-order valence-electron chi connectivity index (χ0n) is 8.84. The van der Waals surface area contributed by atoms with Gasteiger partial charge in [-0.25, -0.2) is 0 Å². The van der Waals surface area contributed by atoms with Crippen LogP contribution >= 0.6 is 0 Å². The Morgan fingerprint density at radius 3 is 2.77 bits per heavy atom. The number of hydrogen-bond donors (Lipinski definition) is 0. The maximum absolute atomic E-state index is 2.72. The second-order valence-corrected chi connectivity index (χ2v) is 4.43. The Kier molecular flexibility index (Phi) is 3.23. The minimum Gasteiger partial charge on any atom is -0.302 e. The molecule has 0 spiro atoms. The van der Waals surface area contributed by atoms with E-state index in [9.17, 15) is 0 Å².